The van der Waals surface area contributed by atoms with Crippen LogP contribution in [0.25, 0.3) is 0 Å². The van der Waals surface area contributed by atoms with Crippen molar-refractivity contribution in [2.75, 3.05) is 18.0 Å². The second-order valence-electron chi connectivity index (χ2n) is 4.95. The van der Waals surface area contributed by atoms with Gasteiger partial charge < -0.3 is 9.47 Å². The molecule has 1 N–H and O–H groups in total. The van der Waals surface area contributed by atoms with Gasteiger partial charge in [0.25, 0.3) is 0 Å². The van der Waals surface area contributed by atoms with E-state index in [1.165, 1.54) is 31.4 Å². The fourth-order valence-corrected chi connectivity index (χ4v) is 3.17. The van der Waals surface area contributed by atoms with Gasteiger partial charge in [-0.15, -0.1) is 0 Å². The van der Waals surface area contributed by atoms with E-state index in [4.69, 9.17) is 21.1 Å². The molecule has 0 aliphatic rings. The third-order valence-electron chi connectivity index (χ3n) is 3.27. The van der Waals surface area contributed by atoms with E-state index in [1.54, 1.807) is 6.92 Å². The highest BCUT2D eigenvalue weighted by Gasteiger charge is 2.28. The Morgan fingerprint density at radius 1 is 1.23 bits per heavy atom. The summed E-state index contributed by atoms with van der Waals surface area (Å²) in [6.07, 6.45) is 0. The van der Waals surface area contributed by atoms with Crippen molar-refractivity contribution < 1.29 is 31.6 Å². The molecule has 0 atom stereocenters. The molecule has 26 heavy (non-hydrogen) atoms. The number of esters is 1. The van der Waals surface area contributed by atoms with Gasteiger partial charge in [0, 0.05) is 11.1 Å². The number of hydrogen-bond acceptors (Lipinski definition) is 5. The maximum absolute atomic E-state index is 14.5. The lowest BCUT2D eigenvalue weighted by atomic mass is 10.2. The number of anilines is 2. The number of rotatable bonds is 6. The van der Waals surface area contributed by atoms with E-state index in [0.29, 0.717) is 4.31 Å². The predicted octanol–water partition coefficient (Wildman–Crippen LogP) is 3.61. The van der Waals surface area contributed by atoms with Crippen LogP contribution in [0.1, 0.15) is 17.3 Å². The van der Waals surface area contributed by atoms with Crippen LogP contribution < -0.4 is 9.04 Å². The highest BCUT2D eigenvalue weighted by atomic mass is 35.5. The number of carbonyl (C=O) groups excluding carboxylic acids is 1. The molecule has 0 amide bonds. The Kier molecular flexibility index (Phi) is 6.06. The molecule has 0 heterocycles. The van der Waals surface area contributed by atoms with Crippen LogP contribution in [-0.2, 0) is 15.0 Å². The van der Waals surface area contributed by atoms with E-state index in [9.17, 15) is 22.2 Å². The van der Waals surface area contributed by atoms with Crippen molar-refractivity contribution in [1.29, 1.82) is 0 Å². The Labute approximate surface area is 154 Å². The van der Waals surface area contributed by atoms with Gasteiger partial charge in [0.15, 0.2) is 0 Å². The van der Waals surface area contributed by atoms with Crippen LogP contribution in [0.2, 0.25) is 5.02 Å². The average Bonchev–Trinajstić information content (AvgIpc) is 2.56. The minimum absolute atomic E-state index is 0.0102. The summed E-state index contributed by atoms with van der Waals surface area (Å²) < 4.78 is 58.1. The van der Waals surface area contributed by atoms with Gasteiger partial charge >= 0.3 is 16.3 Å². The monoisotopic (exact) mass is 403 g/mol. The molecule has 140 valence electrons. The summed E-state index contributed by atoms with van der Waals surface area (Å²) in [6.45, 7) is 1.69. The molecule has 2 aromatic carbocycles. The van der Waals surface area contributed by atoms with Crippen molar-refractivity contribution in [1.82, 2.24) is 0 Å². The predicted molar refractivity (Wildman–Crippen MR) is 94.0 cm³/mol. The Bertz CT molecular complexity index is 934. The molecule has 0 aliphatic heterocycles. The quantitative estimate of drug-likeness (QED) is 0.585. The molecular weight excluding hydrogens is 389 g/mol. The van der Waals surface area contributed by atoms with Crippen molar-refractivity contribution in [2.45, 2.75) is 6.92 Å². The average molecular weight is 404 g/mol. The number of methoxy groups -OCH3 is 1. The van der Waals surface area contributed by atoms with Crippen LogP contribution in [0.15, 0.2) is 36.4 Å². The van der Waals surface area contributed by atoms with Crippen molar-refractivity contribution in [3.05, 3.63) is 52.8 Å². The molecule has 10 heteroatoms. The Morgan fingerprint density at radius 2 is 1.88 bits per heavy atom. The maximum Gasteiger partial charge on any atom is 0.364 e. The number of ether oxygens (including phenoxy) is 2. The lowest BCUT2D eigenvalue weighted by Crippen LogP contribution is -2.26. The van der Waals surface area contributed by atoms with Gasteiger partial charge in [-0.25, -0.2) is 13.5 Å². The van der Waals surface area contributed by atoms with Gasteiger partial charge in [-0.3, -0.25) is 4.55 Å². The fourth-order valence-electron chi connectivity index (χ4n) is 2.21. The van der Waals surface area contributed by atoms with E-state index in [-0.39, 0.29) is 28.6 Å². The number of halogens is 2. The van der Waals surface area contributed by atoms with E-state index < -0.39 is 27.8 Å². The van der Waals surface area contributed by atoms with E-state index >= 15 is 0 Å². The molecule has 2 aromatic rings. The number of hydrogen-bond donors (Lipinski definition) is 1. The highest BCUT2D eigenvalue weighted by molar-refractivity contribution is 7.87. The molecular formula is C16H15ClFNO6S. The fraction of sp³-hybridized carbons (Fsp3) is 0.188. The van der Waals surface area contributed by atoms with Crippen molar-refractivity contribution >= 4 is 39.2 Å². The molecule has 0 bridgehead atoms. The van der Waals surface area contributed by atoms with Crippen LogP contribution in [0.4, 0.5) is 15.8 Å². The molecule has 0 saturated carbocycles. The first-order chi connectivity index (χ1) is 12.2. The molecule has 0 aliphatic carbocycles. The molecule has 0 fully saturated rings. The zero-order valence-electron chi connectivity index (χ0n) is 13.8. The van der Waals surface area contributed by atoms with Crippen LogP contribution >= 0.6 is 11.6 Å². The zero-order chi connectivity index (χ0) is 19.5. The molecule has 0 unspecified atom stereocenters. The summed E-state index contributed by atoms with van der Waals surface area (Å²) in [6, 6.07) is 6.92. The summed E-state index contributed by atoms with van der Waals surface area (Å²) in [5.41, 5.74) is -0.783. The van der Waals surface area contributed by atoms with Gasteiger partial charge in [0.1, 0.15) is 17.3 Å². The Balaban J connectivity index is 2.62. The van der Waals surface area contributed by atoms with Gasteiger partial charge in [-0.2, -0.15) is 8.42 Å². The first kappa shape index (κ1) is 20.0. The van der Waals surface area contributed by atoms with E-state index in [2.05, 4.69) is 0 Å². The van der Waals surface area contributed by atoms with Crippen LogP contribution in [0, 0.1) is 5.82 Å². The Morgan fingerprint density at radius 3 is 2.42 bits per heavy atom. The highest BCUT2D eigenvalue weighted by Crippen LogP contribution is 2.38. The number of carbonyl (C=O) groups is 1. The summed E-state index contributed by atoms with van der Waals surface area (Å²) in [4.78, 5) is 11.7. The van der Waals surface area contributed by atoms with Crippen molar-refractivity contribution in [3.8, 4) is 5.75 Å². The molecule has 0 radical (unpaired) electrons. The third kappa shape index (κ3) is 4.24. The van der Waals surface area contributed by atoms with Crippen LogP contribution in [0.5, 0.6) is 5.75 Å². The summed E-state index contributed by atoms with van der Waals surface area (Å²) in [5.74, 6) is -1.84. The number of benzene rings is 2. The molecule has 0 aromatic heterocycles. The summed E-state index contributed by atoms with van der Waals surface area (Å²) in [5, 5.41) is 0.249. The molecule has 0 spiro atoms. The first-order valence-electron chi connectivity index (χ1n) is 7.27. The normalized spacial score (nSPS) is 11.1. The first-order valence-corrected chi connectivity index (χ1v) is 9.04. The second-order valence-corrected chi connectivity index (χ2v) is 6.64. The lowest BCUT2D eigenvalue weighted by molar-refractivity contribution is 0.0526. The minimum atomic E-state index is -4.93. The van der Waals surface area contributed by atoms with E-state index in [0.717, 1.165) is 12.1 Å². The van der Waals surface area contributed by atoms with Gasteiger partial charge in [-0.05, 0) is 37.3 Å². The van der Waals surface area contributed by atoms with Crippen LogP contribution in [0.3, 0.4) is 0 Å². The van der Waals surface area contributed by atoms with Crippen LogP contribution in [-0.4, -0.2) is 32.7 Å². The zero-order valence-corrected chi connectivity index (χ0v) is 15.3. The minimum Gasteiger partial charge on any atom is -0.494 e. The smallest absolute Gasteiger partial charge is 0.364 e. The van der Waals surface area contributed by atoms with Crippen molar-refractivity contribution in [2.24, 2.45) is 0 Å². The lowest BCUT2D eigenvalue weighted by Gasteiger charge is -2.23. The van der Waals surface area contributed by atoms with Crippen molar-refractivity contribution in [3.63, 3.8) is 0 Å². The largest absolute Gasteiger partial charge is 0.494 e. The molecule has 0 saturated heterocycles. The maximum atomic E-state index is 14.5. The molecule has 2 rings (SSSR count). The van der Waals surface area contributed by atoms with Gasteiger partial charge in [-0.1, -0.05) is 11.6 Å². The van der Waals surface area contributed by atoms with E-state index in [1.807, 2.05) is 0 Å². The third-order valence-corrected chi connectivity index (χ3v) is 4.36. The SMILES string of the molecule is CCOC(=O)c1ccc(N(c2ccc(Cl)cc2OC)S(=O)(=O)O)c(F)c1. The summed E-state index contributed by atoms with van der Waals surface area (Å²) in [7, 11) is -3.67. The van der Waals surface area contributed by atoms with Gasteiger partial charge in [0.05, 0.1) is 25.0 Å². The Hall–Kier alpha value is -2.36. The number of nitrogens with zero attached hydrogens (tertiary/aromatic N) is 1. The summed E-state index contributed by atoms with van der Waals surface area (Å²) >= 11 is 5.84. The topological polar surface area (TPSA) is 93.1 Å². The second kappa shape index (κ2) is 7.90. The standard InChI is InChI=1S/C16H15ClFNO6S/c1-3-25-16(20)10-4-6-13(12(18)8-10)19(26(21,22)23)14-7-5-11(17)9-15(14)24-2/h4-9H,3H2,1-2H3,(H,21,22,23). The molecule has 7 nitrogen and oxygen atoms in total. The van der Waals surface area contributed by atoms with Gasteiger partial charge in [0.2, 0.25) is 0 Å².